The van der Waals surface area contributed by atoms with Gasteiger partial charge in [-0.25, -0.2) is 4.79 Å². The second-order valence-electron chi connectivity index (χ2n) is 4.78. The molecule has 1 atom stereocenters. The largest absolute Gasteiger partial charge is 0.497 e. The van der Waals surface area contributed by atoms with Crippen molar-refractivity contribution in [1.29, 1.82) is 0 Å². The Labute approximate surface area is 133 Å². The fourth-order valence-electron chi connectivity index (χ4n) is 1.98. The lowest BCUT2D eigenvalue weighted by Gasteiger charge is -2.16. The third kappa shape index (κ3) is 4.36. The number of aliphatic hydroxyl groups excluding tert-OH is 1. The zero-order valence-electron chi connectivity index (χ0n) is 13.1. The Balaban J connectivity index is 1.96. The van der Waals surface area contributed by atoms with Crippen molar-refractivity contribution >= 4 is 11.8 Å². The Morgan fingerprint density at radius 3 is 2.74 bits per heavy atom. The minimum Gasteiger partial charge on any atom is -0.497 e. The Bertz CT molecular complexity index is 671. The molecule has 0 fully saturated rings. The average molecular weight is 321 g/mol. The van der Waals surface area contributed by atoms with Crippen LogP contribution in [0.1, 0.15) is 17.4 Å². The molecule has 2 rings (SSSR count). The average Bonchev–Trinajstić information content (AvgIpc) is 2.96. The van der Waals surface area contributed by atoms with Gasteiger partial charge < -0.3 is 24.4 Å². The summed E-state index contributed by atoms with van der Waals surface area (Å²) in [6.45, 7) is 1.71. The number of amides is 2. The fraction of sp³-hybridized carbons (Fsp3) is 0.333. The molecule has 0 spiro atoms. The standard InChI is InChI=1S/C15H19N3O5/c1-9-6-14(18-23-9)17-15(20)16-8-12(19)11-7-10(21-2)4-5-13(11)22-3/h4-7,12,19H,8H2,1-3H3,(H2,16,17,18,20)/t12-/m0/s1. The molecule has 0 unspecified atom stereocenters. The Kier molecular flexibility index (Phi) is 5.42. The first-order valence-electron chi connectivity index (χ1n) is 6.91. The van der Waals surface area contributed by atoms with Crippen molar-refractivity contribution in [3.63, 3.8) is 0 Å². The van der Waals surface area contributed by atoms with Crippen LogP contribution < -0.4 is 20.1 Å². The number of methoxy groups -OCH3 is 2. The van der Waals surface area contributed by atoms with E-state index in [4.69, 9.17) is 14.0 Å². The monoisotopic (exact) mass is 321 g/mol. The van der Waals surface area contributed by atoms with Gasteiger partial charge in [0.05, 0.1) is 14.2 Å². The molecule has 3 N–H and O–H groups in total. The number of carbonyl (C=O) groups excluding carboxylic acids is 1. The van der Waals surface area contributed by atoms with Gasteiger partial charge in [0.25, 0.3) is 0 Å². The zero-order valence-corrected chi connectivity index (χ0v) is 13.1. The number of hydrogen-bond acceptors (Lipinski definition) is 6. The van der Waals surface area contributed by atoms with E-state index >= 15 is 0 Å². The van der Waals surface area contributed by atoms with Gasteiger partial charge in [-0.1, -0.05) is 5.16 Å². The van der Waals surface area contributed by atoms with E-state index in [1.807, 2.05) is 0 Å². The summed E-state index contributed by atoms with van der Waals surface area (Å²) < 4.78 is 15.2. The molecular weight excluding hydrogens is 302 g/mol. The molecule has 0 saturated heterocycles. The summed E-state index contributed by atoms with van der Waals surface area (Å²) in [5, 5.41) is 19.0. The van der Waals surface area contributed by atoms with Crippen LogP contribution in [0.2, 0.25) is 0 Å². The number of urea groups is 1. The van der Waals surface area contributed by atoms with Crippen molar-refractivity contribution in [2.45, 2.75) is 13.0 Å². The van der Waals surface area contributed by atoms with Crippen LogP contribution in [0.5, 0.6) is 11.5 Å². The van der Waals surface area contributed by atoms with E-state index in [1.54, 1.807) is 31.2 Å². The lowest BCUT2D eigenvalue weighted by atomic mass is 10.1. The fourth-order valence-corrected chi connectivity index (χ4v) is 1.98. The van der Waals surface area contributed by atoms with E-state index in [1.165, 1.54) is 14.2 Å². The summed E-state index contributed by atoms with van der Waals surface area (Å²) in [6.07, 6.45) is -0.954. The van der Waals surface area contributed by atoms with Gasteiger partial charge in [-0.2, -0.15) is 0 Å². The van der Waals surface area contributed by atoms with Crippen molar-refractivity contribution in [3.05, 3.63) is 35.6 Å². The molecule has 2 aromatic rings. The number of rotatable bonds is 6. The molecule has 0 aliphatic carbocycles. The summed E-state index contributed by atoms with van der Waals surface area (Å²) in [7, 11) is 3.04. The number of aromatic nitrogens is 1. The highest BCUT2D eigenvalue weighted by Gasteiger charge is 2.16. The van der Waals surface area contributed by atoms with Crippen molar-refractivity contribution in [2.75, 3.05) is 26.1 Å². The Morgan fingerprint density at radius 2 is 2.13 bits per heavy atom. The van der Waals surface area contributed by atoms with Crippen LogP contribution in [0.3, 0.4) is 0 Å². The minimum atomic E-state index is -0.954. The number of benzene rings is 1. The van der Waals surface area contributed by atoms with Crippen molar-refractivity contribution in [3.8, 4) is 11.5 Å². The molecule has 0 aliphatic heterocycles. The number of ether oxygens (including phenoxy) is 2. The van der Waals surface area contributed by atoms with Crippen molar-refractivity contribution < 1.29 is 23.9 Å². The molecular formula is C15H19N3O5. The predicted octanol–water partition coefficient (Wildman–Crippen LogP) is 1.86. The first kappa shape index (κ1) is 16.6. The van der Waals surface area contributed by atoms with Crippen molar-refractivity contribution in [2.24, 2.45) is 0 Å². The van der Waals surface area contributed by atoms with Crippen LogP contribution in [0.4, 0.5) is 10.6 Å². The minimum absolute atomic E-state index is 0.00774. The number of anilines is 1. The normalized spacial score (nSPS) is 11.7. The van der Waals surface area contributed by atoms with Gasteiger partial charge in [0.2, 0.25) is 0 Å². The van der Waals surface area contributed by atoms with E-state index in [9.17, 15) is 9.90 Å². The topological polar surface area (TPSA) is 106 Å². The van der Waals surface area contributed by atoms with E-state index in [-0.39, 0.29) is 6.54 Å². The van der Waals surface area contributed by atoms with Gasteiger partial charge in [-0.3, -0.25) is 5.32 Å². The summed E-state index contributed by atoms with van der Waals surface area (Å²) >= 11 is 0. The molecule has 8 heteroatoms. The molecule has 1 aromatic heterocycles. The lowest BCUT2D eigenvalue weighted by Crippen LogP contribution is -2.32. The smallest absolute Gasteiger partial charge is 0.320 e. The molecule has 2 amide bonds. The Hall–Kier alpha value is -2.74. The molecule has 0 radical (unpaired) electrons. The molecule has 0 saturated carbocycles. The summed E-state index contributed by atoms with van der Waals surface area (Å²) in [4.78, 5) is 11.8. The van der Waals surface area contributed by atoms with Crippen LogP contribution in [0.25, 0.3) is 0 Å². The third-order valence-electron chi connectivity index (χ3n) is 3.12. The number of nitrogens with one attached hydrogen (secondary N) is 2. The molecule has 0 bridgehead atoms. The molecule has 124 valence electrons. The van der Waals surface area contributed by atoms with Crippen LogP contribution in [-0.4, -0.2) is 37.1 Å². The zero-order chi connectivity index (χ0) is 16.8. The summed E-state index contributed by atoms with van der Waals surface area (Å²) in [6, 6.07) is 6.15. The van der Waals surface area contributed by atoms with E-state index in [2.05, 4.69) is 15.8 Å². The molecule has 1 heterocycles. The maximum Gasteiger partial charge on any atom is 0.320 e. The number of aliphatic hydroxyl groups is 1. The van der Waals surface area contributed by atoms with E-state index < -0.39 is 12.1 Å². The second-order valence-corrected chi connectivity index (χ2v) is 4.78. The number of nitrogens with zero attached hydrogens (tertiary/aromatic N) is 1. The van der Waals surface area contributed by atoms with Crippen molar-refractivity contribution in [1.82, 2.24) is 10.5 Å². The van der Waals surface area contributed by atoms with Crippen LogP contribution in [-0.2, 0) is 0 Å². The number of hydrogen-bond donors (Lipinski definition) is 3. The van der Waals surface area contributed by atoms with Gasteiger partial charge in [0, 0.05) is 18.2 Å². The second kappa shape index (κ2) is 7.50. The van der Waals surface area contributed by atoms with Crippen LogP contribution in [0, 0.1) is 6.92 Å². The summed E-state index contributed by atoms with van der Waals surface area (Å²) in [5.74, 6) is 1.98. The van der Waals surface area contributed by atoms with Gasteiger partial charge in [0.15, 0.2) is 5.82 Å². The first-order chi connectivity index (χ1) is 11.0. The third-order valence-corrected chi connectivity index (χ3v) is 3.12. The van der Waals surface area contributed by atoms with Gasteiger partial charge >= 0.3 is 6.03 Å². The van der Waals surface area contributed by atoms with Crippen LogP contribution >= 0.6 is 0 Å². The highest BCUT2D eigenvalue weighted by atomic mass is 16.5. The SMILES string of the molecule is COc1ccc(OC)c([C@@H](O)CNC(=O)Nc2cc(C)on2)c1. The molecule has 8 nitrogen and oxygen atoms in total. The van der Waals surface area contributed by atoms with Gasteiger partial charge in [-0.05, 0) is 25.1 Å². The maximum absolute atomic E-state index is 11.8. The lowest BCUT2D eigenvalue weighted by molar-refractivity contribution is 0.170. The highest BCUT2D eigenvalue weighted by Crippen LogP contribution is 2.29. The van der Waals surface area contributed by atoms with E-state index in [0.29, 0.717) is 28.6 Å². The summed E-state index contributed by atoms with van der Waals surface area (Å²) in [5.41, 5.74) is 0.518. The van der Waals surface area contributed by atoms with E-state index in [0.717, 1.165) is 0 Å². The maximum atomic E-state index is 11.8. The molecule has 23 heavy (non-hydrogen) atoms. The van der Waals surface area contributed by atoms with Gasteiger partial charge in [0.1, 0.15) is 23.4 Å². The molecule has 1 aromatic carbocycles. The highest BCUT2D eigenvalue weighted by molar-refractivity contribution is 5.88. The van der Waals surface area contributed by atoms with Gasteiger partial charge in [-0.15, -0.1) is 0 Å². The number of carbonyl (C=O) groups is 1. The number of aryl methyl sites for hydroxylation is 1. The quantitative estimate of drug-likeness (QED) is 0.750. The predicted molar refractivity (Wildman–Crippen MR) is 82.8 cm³/mol. The first-order valence-corrected chi connectivity index (χ1v) is 6.91. The Morgan fingerprint density at radius 1 is 1.35 bits per heavy atom. The van der Waals surface area contributed by atoms with Crippen LogP contribution in [0.15, 0.2) is 28.8 Å². The molecule has 0 aliphatic rings.